The average molecular weight is 313 g/mol. The molecule has 4 nitrogen and oxygen atoms in total. The van der Waals surface area contributed by atoms with Crippen molar-refractivity contribution in [2.24, 2.45) is 7.05 Å². The molecule has 1 atom stereocenters. The van der Waals surface area contributed by atoms with Gasteiger partial charge in [0.15, 0.2) is 0 Å². The van der Waals surface area contributed by atoms with Crippen molar-refractivity contribution in [2.45, 2.75) is 25.4 Å². The Hall–Kier alpha value is -1.78. The number of aromatic nitrogens is 1. The summed E-state index contributed by atoms with van der Waals surface area (Å²) >= 11 is 0. The summed E-state index contributed by atoms with van der Waals surface area (Å²) in [7, 11) is 3.83. The topological polar surface area (TPSA) is 29.4 Å². The number of methoxy groups -OCH3 is 1. The molecule has 2 aromatic rings. The van der Waals surface area contributed by atoms with E-state index in [9.17, 15) is 0 Å². The predicted octanol–water partition coefficient (Wildman–Crippen LogP) is 2.96. The Labute approximate surface area is 139 Å². The van der Waals surface area contributed by atoms with Crippen molar-refractivity contribution in [1.29, 1.82) is 0 Å². The molecule has 1 aliphatic rings. The molecule has 1 aromatic heterocycles. The highest BCUT2D eigenvalue weighted by Crippen LogP contribution is 2.27. The summed E-state index contributed by atoms with van der Waals surface area (Å²) in [6, 6.07) is 13.2. The van der Waals surface area contributed by atoms with E-state index in [1.54, 1.807) is 7.11 Å². The number of nitrogens with zero attached hydrogens (tertiary/aromatic N) is 2. The maximum Gasteiger partial charge on any atom is 0.119 e. The maximum atomic E-state index is 5.40. The molecule has 0 amide bonds. The summed E-state index contributed by atoms with van der Waals surface area (Å²) in [5.74, 6) is 0.939. The number of benzene rings is 1. The normalized spacial score (nSPS) is 16.6. The lowest BCUT2D eigenvalue weighted by Gasteiger charge is -2.28. The van der Waals surface area contributed by atoms with Crippen LogP contribution in [0.2, 0.25) is 0 Å². The van der Waals surface area contributed by atoms with E-state index < -0.39 is 0 Å². The summed E-state index contributed by atoms with van der Waals surface area (Å²) < 4.78 is 7.57. The van der Waals surface area contributed by atoms with Gasteiger partial charge in [0.1, 0.15) is 5.75 Å². The summed E-state index contributed by atoms with van der Waals surface area (Å²) in [5, 5.41) is 3.64. The van der Waals surface area contributed by atoms with Crippen molar-refractivity contribution in [1.82, 2.24) is 14.8 Å². The highest BCUT2D eigenvalue weighted by molar-refractivity contribution is 5.31. The van der Waals surface area contributed by atoms with Gasteiger partial charge in [0.05, 0.1) is 7.11 Å². The Bertz CT molecular complexity index is 617. The Morgan fingerprint density at radius 1 is 1.17 bits per heavy atom. The molecule has 1 N–H and O–H groups in total. The van der Waals surface area contributed by atoms with E-state index in [1.165, 1.54) is 37.2 Å². The monoisotopic (exact) mass is 313 g/mol. The quantitative estimate of drug-likeness (QED) is 0.852. The first-order valence-corrected chi connectivity index (χ1v) is 8.47. The molecule has 1 fully saturated rings. The number of nitrogens with one attached hydrogen (secondary N) is 1. The first kappa shape index (κ1) is 16.1. The Morgan fingerprint density at radius 3 is 2.70 bits per heavy atom. The van der Waals surface area contributed by atoms with E-state index in [0.717, 1.165) is 18.8 Å². The SMILES string of the molecule is COc1cccc(C(CNCc2cccn2C)N2CCCC2)c1. The molecule has 1 aromatic carbocycles. The zero-order valence-corrected chi connectivity index (χ0v) is 14.2. The zero-order valence-electron chi connectivity index (χ0n) is 14.2. The van der Waals surface area contributed by atoms with Crippen LogP contribution in [0.5, 0.6) is 5.75 Å². The molecule has 1 saturated heterocycles. The van der Waals surface area contributed by atoms with Crippen LogP contribution in [0.15, 0.2) is 42.6 Å². The molecule has 0 radical (unpaired) electrons. The van der Waals surface area contributed by atoms with E-state index in [0.29, 0.717) is 6.04 Å². The standard InChI is InChI=1S/C19H27N3O/c1-21-10-6-8-17(21)14-20-15-19(22-11-3-4-12-22)16-7-5-9-18(13-16)23-2/h5-10,13,19-20H,3-4,11-12,14-15H2,1-2H3. The molecule has 2 heterocycles. The van der Waals surface area contributed by atoms with Crippen LogP contribution in [0.1, 0.15) is 30.1 Å². The number of likely N-dealkylation sites (tertiary alicyclic amines) is 1. The number of hydrogen-bond acceptors (Lipinski definition) is 3. The third kappa shape index (κ3) is 3.95. The molecule has 4 heteroatoms. The van der Waals surface area contributed by atoms with Crippen LogP contribution >= 0.6 is 0 Å². The van der Waals surface area contributed by atoms with E-state index in [-0.39, 0.29) is 0 Å². The number of rotatable bonds is 7. The van der Waals surface area contributed by atoms with Gasteiger partial charge in [-0.1, -0.05) is 12.1 Å². The van der Waals surface area contributed by atoms with E-state index in [4.69, 9.17) is 4.74 Å². The van der Waals surface area contributed by atoms with Crippen LogP contribution in [0, 0.1) is 0 Å². The van der Waals surface area contributed by atoms with Crippen molar-refractivity contribution in [2.75, 3.05) is 26.7 Å². The highest BCUT2D eigenvalue weighted by atomic mass is 16.5. The molecule has 0 aliphatic carbocycles. The fourth-order valence-electron chi connectivity index (χ4n) is 3.38. The Morgan fingerprint density at radius 2 is 2.00 bits per heavy atom. The van der Waals surface area contributed by atoms with Gasteiger partial charge >= 0.3 is 0 Å². The van der Waals surface area contributed by atoms with E-state index in [2.05, 4.69) is 58.4 Å². The summed E-state index contributed by atoms with van der Waals surface area (Å²) in [5.41, 5.74) is 2.65. The van der Waals surface area contributed by atoms with Crippen molar-refractivity contribution in [3.05, 3.63) is 53.9 Å². The fraction of sp³-hybridized carbons (Fsp3) is 0.474. The van der Waals surface area contributed by atoms with Gasteiger partial charge in [-0.05, 0) is 55.8 Å². The first-order valence-electron chi connectivity index (χ1n) is 8.47. The van der Waals surface area contributed by atoms with Gasteiger partial charge in [-0.25, -0.2) is 0 Å². The lowest BCUT2D eigenvalue weighted by Crippen LogP contribution is -2.34. The summed E-state index contributed by atoms with van der Waals surface area (Å²) in [6.45, 7) is 4.23. The molecular weight excluding hydrogens is 286 g/mol. The average Bonchev–Trinajstić information content (AvgIpc) is 3.24. The molecule has 0 saturated carbocycles. The lowest BCUT2D eigenvalue weighted by atomic mass is 10.0. The molecular formula is C19H27N3O. The summed E-state index contributed by atoms with van der Waals surface area (Å²) in [4.78, 5) is 2.59. The van der Waals surface area contributed by atoms with Gasteiger partial charge in [-0.2, -0.15) is 0 Å². The predicted molar refractivity (Wildman–Crippen MR) is 93.7 cm³/mol. The van der Waals surface area contributed by atoms with Crippen molar-refractivity contribution in [3.63, 3.8) is 0 Å². The molecule has 0 spiro atoms. The van der Waals surface area contributed by atoms with Crippen molar-refractivity contribution >= 4 is 0 Å². The second kappa shape index (κ2) is 7.66. The number of hydrogen-bond donors (Lipinski definition) is 1. The minimum atomic E-state index is 0.410. The van der Waals surface area contributed by atoms with Gasteiger partial charge in [-0.3, -0.25) is 4.90 Å². The van der Waals surface area contributed by atoms with Gasteiger partial charge in [0.25, 0.3) is 0 Å². The smallest absolute Gasteiger partial charge is 0.119 e. The largest absolute Gasteiger partial charge is 0.497 e. The first-order chi connectivity index (χ1) is 11.3. The van der Waals surface area contributed by atoms with Crippen LogP contribution in [0.3, 0.4) is 0 Å². The number of aryl methyl sites for hydroxylation is 1. The molecule has 124 valence electrons. The lowest BCUT2D eigenvalue weighted by molar-refractivity contribution is 0.237. The summed E-state index contributed by atoms with van der Waals surface area (Å²) in [6.07, 6.45) is 4.70. The van der Waals surface area contributed by atoms with Crippen LogP contribution in [-0.2, 0) is 13.6 Å². The molecule has 1 unspecified atom stereocenters. The molecule has 1 aliphatic heterocycles. The second-order valence-corrected chi connectivity index (χ2v) is 6.28. The fourth-order valence-corrected chi connectivity index (χ4v) is 3.38. The maximum absolute atomic E-state index is 5.40. The second-order valence-electron chi connectivity index (χ2n) is 6.28. The number of ether oxygens (including phenoxy) is 1. The Balaban J connectivity index is 1.69. The van der Waals surface area contributed by atoms with E-state index in [1.807, 2.05) is 6.07 Å². The molecule has 23 heavy (non-hydrogen) atoms. The highest BCUT2D eigenvalue weighted by Gasteiger charge is 2.23. The third-order valence-electron chi connectivity index (χ3n) is 4.76. The minimum Gasteiger partial charge on any atom is -0.497 e. The van der Waals surface area contributed by atoms with Gasteiger partial charge < -0.3 is 14.6 Å². The van der Waals surface area contributed by atoms with Crippen molar-refractivity contribution < 1.29 is 4.74 Å². The van der Waals surface area contributed by atoms with Gasteiger partial charge in [0, 0.05) is 38.1 Å². The zero-order chi connectivity index (χ0) is 16.1. The van der Waals surface area contributed by atoms with Gasteiger partial charge in [0.2, 0.25) is 0 Å². The molecule has 3 rings (SSSR count). The van der Waals surface area contributed by atoms with E-state index >= 15 is 0 Å². The Kier molecular flexibility index (Phi) is 5.36. The van der Waals surface area contributed by atoms with Crippen LogP contribution in [-0.4, -0.2) is 36.2 Å². The van der Waals surface area contributed by atoms with Gasteiger partial charge in [-0.15, -0.1) is 0 Å². The van der Waals surface area contributed by atoms with Crippen molar-refractivity contribution in [3.8, 4) is 5.75 Å². The van der Waals surface area contributed by atoms with Crippen LogP contribution in [0.25, 0.3) is 0 Å². The van der Waals surface area contributed by atoms with Crippen LogP contribution in [0.4, 0.5) is 0 Å². The third-order valence-corrected chi connectivity index (χ3v) is 4.76. The minimum absolute atomic E-state index is 0.410. The molecule has 0 bridgehead atoms. The van der Waals surface area contributed by atoms with Crippen LogP contribution < -0.4 is 10.1 Å².